The van der Waals surface area contributed by atoms with Crippen molar-refractivity contribution in [3.63, 3.8) is 0 Å². The van der Waals surface area contributed by atoms with Crippen LogP contribution in [0.25, 0.3) is 0 Å². The molecule has 1 amide bonds. The highest BCUT2D eigenvalue weighted by Gasteiger charge is 2.38. The van der Waals surface area contributed by atoms with Crippen LogP contribution in [0, 0.1) is 10.8 Å². The third-order valence-electron chi connectivity index (χ3n) is 11.5. The number of likely N-dealkylation sites (tertiary alicyclic amines) is 1. The van der Waals surface area contributed by atoms with Crippen molar-refractivity contribution < 1.29 is 9.59 Å². The number of unbranched alkanes of at least 4 members (excludes halogenated alkanes) is 2. The number of hydrogen-bond donors (Lipinski definition) is 1. The summed E-state index contributed by atoms with van der Waals surface area (Å²) < 4.78 is 0. The molecule has 3 aliphatic rings. The number of thioether (sulfide) groups is 1. The van der Waals surface area contributed by atoms with Gasteiger partial charge in [-0.15, -0.1) is 11.8 Å². The van der Waals surface area contributed by atoms with Crippen LogP contribution in [-0.2, 0) is 9.59 Å². The van der Waals surface area contributed by atoms with Gasteiger partial charge in [-0.25, -0.2) is 0 Å². The lowest BCUT2D eigenvalue weighted by Crippen LogP contribution is -2.30. The van der Waals surface area contributed by atoms with E-state index in [0.29, 0.717) is 23.5 Å². The molecule has 0 aromatic carbocycles. The Balaban J connectivity index is 1.51. The molecule has 240 valence electrons. The summed E-state index contributed by atoms with van der Waals surface area (Å²) in [6.07, 6.45) is 21.7. The summed E-state index contributed by atoms with van der Waals surface area (Å²) in [6, 6.07) is 0. The number of Topliss-reactive ketones (excluding diaryl/α,β-unsaturated/α-hetero) is 1. The van der Waals surface area contributed by atoms with E-state index >= 15 is 0 Å². The molecule has 0 aromatic rings. The van der Waals surface area contributed by atoms with Crippen molar-refractivity contribution >= 4 is 23.5 Å². The Morgan fingerprint density at radius 1 is 0.881 bits per heavy atom. The van der Waals surface area contributed by atoms with Gasteiger partial charge in [-0.2, -0.15) is 0 Å². The number of hydrogen-bond acceptors (Lipinski definition) is 4. The molecule has 1 unspecified atom stereocenters. The Morgan fingerprint density at radius 2 is 1.52 bits per heavy atom. The van der Waals surface area contributed by atoms with Crippen molar-refractivity contribution in [2.24, 2.45) is 10.8 Å². The third kappa shape index (κ3) is 9.63. The van der Waals surface area contributed by atoms with Gasteiger partial charge in [0, 0.05) is 48.5 Å². The molecule has 1 aliphatic heterocycles. The van der Waals surface area contributed by atoms with E-state index in [9.17, 15) is 9.59 Å². The normalized spacial score (nSPS) is 19.9. The number of nitrogens with zero attached hydrogens (tertiary/aromatic N) is 1. The minimum atomic E-state index is -0.210. The summed E-state index contributed by atoms with van der Waals surface area (Å²) in [5.74, 6) is 1.44. The second-order valence-corrected chi connectivity index (χ2v) is 15.4. The number of amides is 1. The maximum absolute atomic E-state index is 13.6. The van der Waals surface area contributed by atoms with Gasteiger partial charge in [0.05, 0.1) is 5.25 Å². The number of ketones is 1. The van der Waals surface area contributed by atoms with Gasteiger partial charge in [-0.05, 0) is 95.3 Å². The first-order valence-electron chi connectivity index (χ1n) is 17.8. The van der Waals surface area contributed by atoms with Gasteiger partial charge in [-0.3, -0.25) is 9.59 Å². The van der Waals surface area contributed by atoms with Gasteiger partial charge in [0.25, 0.3) is 0 Å². The van der Waals surface area contributed by atoms with E-state index in [1.807, 2.05) is 0 Å². The zero-order chi connectivity index (χ0) is 30.6. The van der Waals surface area contributed by atoms with Crippen molar-refractivity contribution in [2.45, 2.75) is 169 Å². The quantitative estimate of drug-likeness (QED) is 0.150. The molecule has 5 heteroatoms. The zero-order valence-corrected chi connectivity index (χ0v) is 29.1. The molecule has 2 aliphatic carbocycles. The van der Waals surface area contributed by atoms with Crippen LogP contribution in [0.3, 0.4) is 0 Å². The molecule has 4 nitrogen and oxygen atoms in total. The number of carbonyl (C=O) groups excluding carboxylic acids is 2. The smallest absolute Gasteiger partial charge is 0.240 e. The summed E-state index contributed by atoms with van der Waals surface area (Å²) in [5, 5.41) is 3.90. The SMILES string of the molecule is CCC(C)(CC)CCNC(CCCCCN1C(=O)C(SCCC(=O)C(C)(CC)CC)CC1=C1CCCC1)=C1CCCC1. The number of rotatable bonds is 19. The molecule has 3 rings (SSSR count). The van der Waals surface area contributed by atoms with Crippen LogP contribution < -0.4 is 5.32 Å². The lowest BCUT2D eigenvalue weighted by molar-refractivity contribution is -0.128. The molecular weight excluding hydrogens is 536 g/mol. The molecule has 42 heavy (non-hydrogen) atoms. The fraction of sp³-hybridized carbons (Fsp3) is 0.838. The number of nitrogens with one attached hydrogen (secondary N) is 1. The average molecular weight is 601 g/mol. The second kappa shape index (κ2) is 17.3. The minimum absolute atomic E-state index is 0.00441. The van der Waals surface area contributed by atoms with Crippen LogP contribution in [0.5, 0.6) is 0 Å². The molecule has 0 bridgehead atoms. The van der Waals surface area contributed by atoms with E-state index in [1.165, 1.54) is 81.9 Å². The first-order chi connectivity index (χ1) is 20.2. The van der Waals surface area contributed by atoms with Crippen molar-refractivity contribution in [3.05, 3.63) is 22.5 Å². The van der Waals surface area contributed by atoms with Gasteiger partial charge in [0.15, 0.2) is 0 Å². The highest BCUT2D eigenvalue weighted by Crippen LogP contribution is 2.39. The van der Waals surface area contributed by atoms with Crippen molar-refractivity contribution in [1.29, 1.82) is 0 Å². The van der Waals surface area contributed by atoms with Crippen molar-refractivity contribution in [3.8, 4) is 0 Å². The Hall–Kier alpha value is -1.23. The summed E-state index contributed by atoms with van der Waals surface area (Å²) >= 11 is 1.74. The topological polar surface area (TPSA) is 49.4 Å². The van der Waals surface area contributed by atoms with Crippen molar-refractivity contribution in [1.82, 2.24) is 10.2 Å². The van der Waals surface area contributed by atoms with Crippen LogP contribution in [-0.4, -0.2) is 40.7 Å². The lowest BCUT2D eigenvalue weighted by atomic mass is 9.79. The first kappa shape index (κ1) is 35.3. The standard InChI is InChI=1S/C37H64N2O2S/c1-7-36(5,8-2)24-25-38-31(29-18-13-14-19-29)22-12-11-17-26-39-32(30-20-15-16-21-30)28-33(35(39)41)42-27-23-34(40)37(6,9-3)10-4/h33,38H,7-28H2,1-6H3. The van der Waals surface area contributed by atoms with Crippen LogP contribution >= 0.6 is 11.8 Å². The molecule has 1 N–H and O–H groups in total. The summed E-state index contributed by atoms with van der Waals surface area (Å²) in [4.78, 5) is 28.7. The van der Waals surface area contributed by atoms with E-state index in [2.05, 4.69) is 51.8 Å². The van der Waals surface area contributed by atoms with E-state index < -0.39 is 0 Å². The average Bonchev–Trinajstić information content (AvgIpc) is 3.79. The van der Waals surface area contributed by atoms with Crippen LogP contribution in [0.1, 0.15) is 164 Å². The maximum Gasteiger partial charge on any atom is 0.240 e. The van der Waals surface area contributed by atoms with Gasteiger partial charge in [-0.1, -0.05) is 72.0 Å². The highest BCUT2D eigenvalue weighted by molar-refractivity contribution is 8.00. The number of carbonyl (C=O) groups is 2. The monoisotopic (exact) mass is 600 g/mol. The molecule has 0 spiro atoms. The molecule has 1 saturated heterocycles. The van der Waals surface area contributed by atoms with Crippen LogP contribution in [0.15, 0.2) is 22.5 Å². The lowest BCUT2D eigenvalue weighted by Gasteiger charge is -2.27. The van der Waals surface area contributed by atoms with Gasteiger partial charge >= 0.3 is 0 Å². The molecule has 0 radical (unpaired) electrons. The number of allylic oxidation sites excluding steroid dienone is 4. The zero-order valence-electron chi connectivity index (χ0n) is 28.3. The Bertz CT molecular complexity index is 927. The summed E-state index contributed by atoms with van der Waals surface area (Å²) in [6.45, 7) is 15.4. The maximum atomic E-state index is 13.6. The first-order valence-corrected chi connectivity index (χ1v) is 18.9. The summed E-state index contributed by atoms with van der Waals surface area (Å²) in [5.41, 5.74) is 6.35. The van der Waals surface area contributed by atoms with Crippen LogP contribution in [0.4, 0.5) is 0 Å². The molecule has 1 atom stereocenters. The minimum Gasteiger partial charge on any atom is -0.388 e. The summed E-state index contributed by atoms with van der Waals surface area (Å²) in [7, 11) is 0. The Morgan fingerprint density at radius 3 is 2.14 bits per heavy atom. The van der Waals surface area contributed by atoms with E-state index in [4.69, 9.17) is 0 Å². The fourth-order valence-corrected chi connectivity index (χ4v) is 8.22. The van der Waals surface area contributed by atoms with E-state index in [0.717, 1.165) is 63.8 Å². The molecule has 1 heterocycles. The molecule has 3 fully saturated rings. The van der Waals surface area contributed by atoms with Crippen LogP contribution in [0.2, 0.25) is 0 Å². The molecule has 0 aromatic heterocycles. The Labute approximate surface area is 263 Å². The predicted octanol–water partition coefficient (Wildman–Crippen LogP) is 10.1. The van der Waals surface area contributed by atoms with Gasteiger partial charge < -0.3 is 10.2 Å². The van der Waals surface area contributed by atoms with Gasteiger partial charge in [0.1, 0.15) is 5.78 Å². The van der Waals surface area contributed by atoms with Crippen molar-refractivity contribution in [2.75, 3.05) is 18.8 Å². The highest BCUT2D eigenvalue weighted by atomic mass is 32.2. The molecule has 2 saturated carbocycles. The fourth-order valence-electron chi connectivity index (χ4n) is 7.08. The predicted molar refractivity (Wildman–Crippen MR) is 182 cm³/mol. The largest absolute Gasteiger partial charge is 0.388 e. The third-order valence-corrected chi connectivity index (χ3v) is 12.7. The molecular formula is C37H64N2O2S. The second-order valence-electron chi connectivity index (χ2n) is 14.0. The van der Waals surface area contributed by atoms with E-state index in [1.54, 1.807) is 23.0 Å². The van der Waals surface area contributed by atoms with E-state index in [-0.39, 0.29) is 10.7 Å². The Kier molecular flexibility index (Phi) is 14.5. The van der Waals surface area contributed by atoms with Gasteiger partial charge in [0.2, 0.25) is 5.91 Å².